The van der Waals surface area contributed by atoms with Crippen LogP contribution in [0.3, 0.4) is 0 Å². The first-order valence-electron chi connectivity index (χ1n) is 4.66. The molecule has 1 aliphatic heterocycles. The van der Waals surface area contributed by atoms with Crippen LogP contribution in [0.1, 0.15) is 0 Å². The van der Waals surface area contributed by atoms with Crippen molar-refractivity contribution in [1.82, 2.24) is 5.01 Å². The van der Waals surface area contributed by atoms with Crippen LogP contribution in [-0.2, 0) is 4.74 Å². The summed E-state index contributed by atoms with van der Waals surface area (Å²) in [6.07, 6.45) is -8.00. The third-order valence-electron chi connectivity index (χ3n) is 2.42. The molecule has 0 aliphatic carbocycles. The largest absolute Gasteiger partial charge is 0.394 e. The molecule has 0 bridgehead atoms. The summed E-state index contributed by atoms with van der Waals surface area (Å²) in [6, 6.07) is -1.30. The average molecular weight is 251 g/mol. The Morgan fingerprint density at radius 1 is 1.29 bits per heavy atom. The smallest absolute Gasteiger partial charge is 0.340 e. The summed E-state index contributed by atoms with van der Waals surface area (Å²) >= 11 is 0. The van der Waals surface area contributed by atoms with Gasteiger partial charge in [-0.15, -0.1) is 9.92 Å². The Labute approximate surface area is 95.1 Å². The molecule has 0 aromatic rings. The van der Waals surface area contributed by atoms with E-state index < -0.39 is 43.3 Å². The first-order chi connectivity index (χ1) is 7.93. The Morgan fingerprint density at radius 2 is 1.88 bits per heavy atom. The van der Waals surface area contributed by atoms with E-state index in [1.807, 2.05) is 0 Å². The molecule has 6 N–H and O–H groups in total. The first kappa shape index (κ1) is 13.7. The average Bonchev–Trinajstić information content (AvgIpc) is 2.29. The van der Waals surface area contributed by atoms with Crippen LogP contribution < -0.4 is 5.73 Å². The van der Waals surface area contributed by atoms with E-state index in [1.165, 1.54) is 0 Å². The van der Waals surface area contributed by atoms with Crippen molar-refractivity contribution in [1.29, 1.82) is 0 Å². The van der Waals surface area contributed by atoms with Crippen LogP contribution in [0.4, 0.5) is 4.79 Å². The van der Waals surface area contributed by atoms with Gasteiger partial charge in [0.15, 0.2) is 6.23 Å². The molecule has 1 aliphatic rings. The number of hydrogen-bond acceptors (Lipinski definition) is 8. The molecular weight excluding hydrogens is 238 g/mol. The minimum Gasteiger partial charge on any atom is -0.394 e. The second kappa shape index (κ2) is 5.33. The number of nitrogens with two attached hydrogens (primary N) is 1. The Hall–Kier alpha value is -1.33. The fraction of sp³-hybridized carbons (Fsp3) is 0.857. The Morgan fingerprint density at radius 3 is 2.29 bits per heavy atom. The van der Waals surface area contributed by atoms with Crippen LogP contribution >= 0.6 is 0 Å². The molecule has 98 valence electrons. The minimum absolute atomic E-state index is 0.0719. The number of aliphatic hydroxyl groups is 4. The van der Waals surface area contributed by atoms with Crippen LogP contribution in [0.25, 0.3) is 0 Å². The number of amides is 2. The monoisotopic (exact) mass is 251 g/mol. The molecule has 2 unspecified atom stereocenters. The number of primary amides is 1. The minimum atomic E-state index is -1.78. The van der Waals surface area contributed by atoms with Crippen LogP contribution in [-0.4, -0.2) is 68.7 Å². The van der Waals surface area contributed by atoms with Crippen LogP contribution in [0, 0.1) is 4.91 Å². The standard InChI is InChI=1S/C7H13N3O7/c8-7(15)10(9-16)6-5(14)4(13)3(12)2(1-11)17-6/h2-6,11-14H,1H2,(H2,8,15)/t2?,3-,4+,5-,6?/m1/s1. The molecule has 1 heterocycles. The van der Waals surface area contributed by atoms with Crippen molar-refractivity contribution in [3.63, 3.8) is 0 Å². The number of carbonyl (C=O) groups is 1. The summed E-state index contributed by atoms with van der Waals surface area (Å²) < 4.78 is 4.87. The van der Waals surface area contributed by atoms with E-state index in [0.717, 1.165) is 0 Å². The van der Waals surface area contributed by atoms with Crippen LogP contribution in [0.15, 0.2) is 5.29 Å². The van der Waals surface area contributed by atoms with Gasteiger partial charge < -0.3 is 30.9 Å². The fourth-order valence-electron chi connectivity index (χ4n) is 1.50. The van der Waals surface area contributed by atoms with Gasteiger partial charge in [0.2, 0.25) is 0 Å². The topological polar surface area (TPSA) is 166 Å². The zero-order valence-electron chi connectivity index (χ0n) is 8.58. The molecule has 10 heteroatoms. The normalized spacial score (nSPS) is 37.5. The number of hydrogen-bond donors (Lipinski definition) is 5. The van der Waals surface area contributed by atoms with Crippen LogP contribution in [0.5, 0.6) is 0 Å². The second-order valence-electron chi connectivity index (χ2n) is 3.48. The third kappa shape index (κ3) is 2.50. The van der Waals surface area contributed by atoms with E-state index in [9.17, 15) is 25.0 Å². The highest BCUT2D eigenvalue weighted by atomic mass is 16.6. The second-order valence-corrected chi connectivity index (χ2v) is 3.48. The zero-order chi connectivity index (χ0) is 13.2. The molecule has 0 saturated carbocycles. The summed E-state index contributed by atoms with van der Waals surface area (Å²) in [5.41, 5.74) is 4.80. The summed E-state index contributed by atoms with van der Waals surface area (Å²) in [5, 5.41) is 39.5. The number of aliphatic hydroxyl groups excluding tert-OH is 4. The van der Waals surface area contributed by atoms with Crippen molar-refractivity contribution in [2.45, 2.75) is 30.6 Å². The SMILES string of the molecule is NC(=O)N(N=O)C1OC(CO)[C@@H](O)[C@H](O)[C@H]1O. The highest BCUT2D eigenvalue weighted by molar-refractivity contribution is 5.71. The van der Waals surface area contributed by atoms with Gasteiger partial charge in [0.05, 0.1) is 11.9 Å². The molecule has 5 atom stereocenters. The van der Waals surface area contributed by atoms with Gasteiger partial charge in [0.1, 0.15) is 24.4 Å². The molecule has 1 rings (SSSR count). The van der Waals surface area contributed by atoms with Gasteiger partial charge in [0, 0.05) is 0 Å². The number of urea groups is 1. The van der Waals surface area contributed by atoms with Gasteiger partial charge in [0.25, 0.3) is 0 Å². The van der Waals surface area contributed by atoms with Crippen molar-refractivity contribution < 1.29 is 30.0 Å². The molecule has 0 spiro atoms. The lowest BCUT2D eigenvalue weighted by molar-refractivity contribution is -0.257. The van der Waals surface area contributed by atoms with Crippen molar-refractivity contribution >= 4 is 6.03 Å². The number of ether oxygens (including phenoxy) is 1. The molecule has 0 radical (unpaired) electrons. The molecular formula is C7H13N3O7. The van der Waals surface area contributed by atoms with Crippen molar-refractivity contribution in [3.05, 3.63) is 4.91 Å². The van der Waals surface area contributed by atoms with E-state index in [0.29, 0.717) is 0 Å². The number of nitrogens with zero attached hydrogens (tertiary/aromatic N) is 2. The van der Waals surface area contributed by atoms with E-state index >= 15 is 0 Å². The van der Waals surface area contributed by atoms with Crippen molar-refractivity contribution in [2.24, 2.45) is 11.0 Å². The van der Waals surface area contributed by atoms with Crippen LogP contribution in [0.2, 0.25) is 0 Å². The Kier molecular flexibility index (Phi) is 4.31. The van der Waals surface area contributed by atoms with E-state index in [-0.39, 0.29) is 5.01 Å². The maximum absolute atomic E-state index is 10.8. The lowest BCUT2D eigenvalue weighted by atomic mass is 9.98. The fourth-order valence-corrected chi connectivity index (χ4v) is 1.50. The van der Waals surface area contributed by atoms with Gasteiger partial charge in [-0.25, -0.2) is 4.79 Å². The third-order valence-corrected chi connectivity index (χ3v) is 2.42. The van der Waals surface area contributed by atoms with Crippen molar-refractivity contribution in [2.75, 3.05) is 6.61 Å². The molecule has 17 heavy (non-hydrogen) atoms. The summed E-state index contributed by atoms with van der Waals surface area (Å²) in [5.74, 6) is 0. The number of carbonyl (C=O) groups excluding carboxylic acids is 1. The molecule has 1 saturated heterocycles. The quantitative estimate of drug-likeness (QED) is 0.261. The van der Waals surface area contributed by atoms with Gasteiger partial charge >= 0.3 is 6.03 Å². The molecule has 1 fully saturated rings. The molecule has 0 aromatic carbocycles. The van der Waals surface area contributed by atoms with Gasteiger partial charge in [-0.3, -0.25) is 0 Å². The lowest BCUT2D eigenvalue weighted by Crippen LogP contribution is -2.63. The maximum Gasteiger partial charge on any atom is 0.340 e. The first-order valence-corrected chi connectivity index (χ1v) is 4.66. The Balaban J connectivity index is 2.91. The maximum atomic E-state index is 10.8. The Bertz CT molecular complexity index is 299. The lowest BCUT2D eigenvalue weighted by Gasteiger charge is -2.41. The van der Waals surface area contributed by atoms with Gasteiger partial charge in [-0.2, -0.15) is 0 Å². The predicted octanol–water partition coefficient (Wildman–Crippen LogP) is -3.15. The predicted molar refractivity (Wildman–Crippen MR) is 51.0 cm³/mol. The van der Waals surface area contributed by atoms with Gasteiger partial charge in [-0.05, 0) is 0 Å². The zero-order valence-corrected chi connectivity index (χ0v) is 8.58. The van der Waals surface area contributed by atoms with Gasteiger partial charge in [-0.1, -0.05) is 0 Å². The molecule has 2 amide bonds. The molecule has 10 nitrogen and oxygen atoms in total. The highest BCUT2D eigenvalue weighted by Crippen LogP contribution is 2.23. The van der Waals surface area contributed by atoms with E-state index in [4.69, 9.17) is 15.6 Å². The highest BCUT2D eigenvalue weighted by Gasteiger charge is 2.47. The summed E-state index contributed by atoms with van der Waals surface area (Å²) in [7, 11) is 0. The molecule has 0 aromatic heterocycles. The van der Waals surface area contributed by atoms with E-state index in [2.05, 4.69) is 5.29 Å². The summed E-state index contributed by atoms with van der Waals surface area (Å²) in [6.45, 7) is -0.688. The van der Waals surface area contributed by atoms with E-state index in [1.54, 1.807) is 0 Å². The van der Waals surface area contributed by atoms with Crippen molar-refractivity contribution in [3.8, 4) is 0 Å². The number of rotatable bonds is 3. The summed E-state index contributed by atoms with van der Waals surface area (Å²) in [4.78, 5) is 21.2. The number of nitroso groups, excluding NO2 is 1.